The van der Waals surface area contributed by atoms with Gasteiger partial charge in [0.15, 0.2) is 0 Å². The highest BCUT2D eigenvalue weighted by Gasteiger charge is 2.40. The van der Waals surface area contributed by atoms with Crippen LogP contribution in [0.2, 0.25) is 0 Å². The molecule has 1 aliphatic heterocycles. The predicted molar refractivity (Wildman–Crippen MR) is 162 cm³/mol. The molecule has 4 amide bonds. The number of imide groups is 1. The Morgan fingerprint density at radius 1 is 0.950 bits per heavy atom. The topological polar surface area (TPSA) is 95.6 Å². The van der Waals surface area contributed by atoms with Gasteiger partial charge in [0.2, 0.25) is 11.8 Å². The average molecular weight is 633 g/mol. The van der Waals surface area contributed by atoms with E-state index in [0.717, 1.165) is 14.2 Å². The van der Waals surface area contributed by atoms with Gasteiger partial charge in [-0.1, -0.05) is 46.3 Å². The maximum absolute atomic E-state index is 13.3. The second-order valence-corrected chi connectivity index (χ2v) is 11.9. The van der Waals surface area contributed by atoms with Gasteiger partial charge in [-0.05, 0) is 72.1 Å². The lowest BCUT2D eigenvalue weighted by Crippen LogP contribution is -2.31. The zero-order valence-electron chi connectivity index (χ0n) is 20.9. The molecule has 2 heterocycles. The van der Waals surface area contributed by atoms with Gasteiger partial charge < -0.3 is 10.6 Å². The lowest BCUT2D eigenvalue weighted by atomic mass is 10.2. The van der Waals surface area contributed by atoms with Crippen molar-refractivity contribution in [3.63, 3.8) is 0 Å². The molecule has 40 heavy (non-hydrogen) atoms. The van der Waals surface area contributed by atoms with E-state index >= 15 is 0 Å². The third kappa shape index (κ3) is 6.59. The van der Waals surface area contributed by atoms with Crippen LogP contribution in [0.1, 0.15) is 21.7 Å². The van der Waals surface area contributed by atoms with Crippen molar-refractivity contribution >= 4 is 80.1 Å². The molecule has 1 aromatic heterocycles. The summed E-state index contributed by atoms with van der Waals surface area (Å²) in [5.41, 5.74) is 1.54. The van der Waals surface area contributed by atoms with E-state index in [1.54, 1.807) is 72.8 Å². The Morgan fingerprint density at radius 3 is 2.45 bits per heavy atom. The number of carbonyl (C=O) groups is 4. The van der Waals surface area contributed by atoms with Crippen molar-refractivity contribution in [1.29, 1.82) is 0 Å². The molecule has 0 bridgehead atoms. The molecule has 0 saturated carbocycles. The molecular formula is C30H22BrN3O4S2. The maximum atomic E-state index is 13.3. The summed E-state index contributed by atoms with van der Waals surface area (Å²) in [6.45, 7) is 0. The lowest BCUT2D eigenvalue weighted by Gasteiger charge is -2.15. The molecule has 1 aliphatic rings. The van der Waals surface area contributed by atoms with Crippen LogP contribution in [0.5, 0.6) is 0 Å². The SMILES string of the molecule is O=C(Nc1cccc(S[C@@H]2CC(=O)N(c3ccc(Br)cc3)C2=O)c1)/C(=C/c1cccs1)NC(=O)c1ccccc1. The van der Waals surface area contributed by atoms with Gasteiger partial charge in [-0.15, -0.1) is 23.1 Å². The van der Waals surface area contributed by atoms with Crippen LogP contribution in [-0.2, 0) is 14.4 Å². The van der Waals surface area contributed by atoms with E-state index in [9.17, 15) is 19.2 Å². The maximum Gasteiger partial charge on any atom is 0.272 e. The molecule has 1 fully saturated rings. The van der Waals surface area contributed by atoms with Gasteiger partial charge in [-0.3, -0.25) is 19.2 Å². The molecule has 2 N–H and O–H groups in total. The number of hydrogen-bond acceptors (Lipinski definition) is 6. The summed E-state index contributed by atoms with van der Waals surface area (Å²) in [6.07, 6.45) is 1.70. The molecule has 4 aromatic rings. The Bertz CT molecular complexity index is 1590. The molecule has 0 unspecified atom stereocenters. The van der Waals surface area contributed by atoms with Crippen molar-refractivity contribution in [1.82, 2.24) is 5.32 Å². The summed E-state index contributed by atoms with van der Waals surface area (Å²) in [6, 6.07) is 26.4. The summed E-state index contributed by atoms with van der Waals surface area (Å²) in [5.74, 6) is -1.43. The van der Waals surface area contributed by atoms with Gasteiger partial charge in [0.1, 0.15) is 5.70 Å². The largest absolute Gasteiger partial charge is 0.321 e. The summed E-state index contributed by atoms with van der Waals surface area (Å²) >= 11 is 6.08. The van der Waals surface area contributed by atoms with Crippen LogP contribution in [0, 0.1) is 0 Å². The first-order chi connectivity index (χ1) is 19.4. The zero-order chi connectivity index (χ0) is 28.1. The second-order valence-electron chi connectivity index (χ2n) is 8.73. The fourth-order valence-electron chi connectivity index (χ4n) is 4.03. The number of nitrogens with zero attached hydrogens (tertiary/aromatic N) is 1. The van der Waals surface area contributed by atoms with Gasteiger partial charge in [0, 0.05) is 31.9 Å². The number of carbonyl (C=O) groups excluding carboxylic acids is 4. The number of halogens is 1. The molecule has 1 saturated heterocycles. The van der Waals surface area contributed by atoms with Crippen LogP contribution in [0.4, 0.5) is 11.4 Å². The van der Waals surface area contributed by atoms with E-state index in [1.807, 2.05) is 29.6 Å². The van der Waals surface area contributed by atoms with Crippen LogP contribution < -0.4 is 15.5 Å². The van der Waals surface area contributed by atoms with Gasteiger partial charge in [0.05, 0.1) is 10.9 Å². The van der Waals surface area contributed by atoms with E-state index in [1.165, 1.54) is 28.0 Å². The van der Waals surface area contributed by atoms with Crippen LogP contribution in [0.3, 0.4) is 0 Å². The number of nitrogens with one attached hydrogen (secondary N) is 2. The standard InChI is InChI=1S/C30H22BrN3O4S2/c31-20-11-13-22(14-12-20)34-27(35)18-26(30(34)38)40-24-9-4-8-21(16-24)32-29(37)25(17-23-10-5-15-39-23)33-28(36)19-6-2-1-3-7-19/h1-17,26H,18H2,(H,32,37)(H,33,36)/b25-17-/t26-/m1/s1. The summed E-state index contributed by atoms with van der Waals surface area (Å²) in [5, 5.41) is 6.86. The monoisotopic (exact) mass is 631 g/mol. The number of benzene rings is 3. The highest BCUT2D eigenvalue weighted by atomic mass is 79.9. The van der Waals surface area contributed by atoms with E-state index in [-0.39, 0.29) is 23.9 Å². The molecular weight excluding hydrogens is 610 g/mol. The van der Waals surface area contributed by atoms with Gasteiger partial charge in [0.25, 0.3) is 11.8 Å². The first-order valence-corrected chi connectivity index (χ1v) is 14.7. The van der Waals surface area contributed by atoms with Crippen LogP contribution in [-0.4, -0.2) is 28.9 Å². The molecule has 3 aromatic carbocycles. The van der Waals surface area contributed by atoms with Gasteiger partial charge in [-0.2, -0.15) is 0 Å². The van der Waals surface area contributed by atoms with Crippen molar-refractivity contribution in [3.8, 4) is 0 Å². The first kappa shape index (κ1) is 27.6. The Hall–Kier alpha value is -3.99. The Labute approximate surface area is 247 Å². The van der Waals surface area contributed by atoms with Crippen LogP contribution in [0.25, 0.3) is 6.08 Å². The Kier molecular flexibility index (Phi) is 8.59. The third-order valence-corrected chi connectivity index (χ3v) is 8.45. The quantitative estimate of drug-likeness (QED) is 0.175. The minimum atomic E-state index is -0.582. The highest BCUT2D eigenvalue weighted by molar-refractivity contribution is 9.10. The summed E-state index contributed by atoms with van der Waals surface area (Å²) < 4.78 is 0.855. The first-order valence-electron chi connectivity index (χ1n) is 12.2. The van der Waals surface area contributed by atoms with Crippen molar-refractivity contribution in [3.05, 3.63) is 117 Å². The number of rotatable bonds is 8. The van der Waals surface area contributed by atoms with E-state index < -0.39 is 17.1 Å². The molecule has 7 nitrogen and oxygen atoms in total. The smallest absolute Gasteiger partial charge is 0.272 e. The number of thioether (sulfide) groups is 1. The summed E-state index contributed by atoms with van der Waals surface area (Å²) in [7, 11) is 0. The normalized spacial score (nSPS) is 15.3. The van der Waals surface area contributed by atoms with E-state index in [2.05, 4.69) is 26.6 Å². The number of amides is 4. The highest BCUT2D eigenvalue weighted by Crippen LogP contribution is 2.35. The zero-order valence-corrected chi connectivity index (χ0v) is 24.1. The molecule has 10 heteroatoms. The average Bonchev–Trinajstić information content (AvgIpc) is 3.56. The number of anilines is 2. The van der Waals surface area contributed by atoms with Crippen LogP contribution in [0.15, 0.2) is 111 Å². The van der Waals surface area contributed by atoms with Gasteiger partial charge in [-0.25, -0.2) is 4.90 Å². The van der Waals surface area contributed by atoms with Crippen LogP contribution >= 0.6 is 39.0 Å². The van der Waals surface area contributed by atoms with Crippen molar-refractivity contribution < 1.29 is 19.2 Å². The number of hydrogen-bond donors (Lipinski definition) is 2. The molecule has 0 spiro atoms. The summed E-state index contributed by atoms with van der Waals surface area (Å²) in [4.78, 5) is 54.6. The van der Waals surface area contributed by atoms with Gasteiger partial charge >= 0.3 is 0 Å². The molecule has 0 radical (unpaired) electrons. The second kappa shape index (κ2) is 12.5. The molecule has 200 valence electrons. The molecule has 0 aliphatic carbocycles. The Morgan fingerprint density at radius 2 is 1.73 bits per heavy atom. The number of thiophene rings is 1. The lowest BCUT2D eigenvalue weighted by molar-refractivity contribution is -0.121. The minimum Gasteiger partial charge on any atom is -0.321 e. The van der Waals surface area contributed by atoms with E-state index in [4.69, 9.17) is 0 Å². The Balaban J connectivity index is 1.30. The van der Waals surface area contributed by atoms with E-state index in [0.29, 0.717) is 16.9 Å². The minimum absolute atomic E-state index is 0.0787. The third-order valence-electron chi connectivity index (χ3n) is 5.92. The fraction of sp³-hybridized carbons (Fsp3) is 0.0667. The van der Waals surface area contributed by atoms with Crippen molar-refractivity contribution in [2.24, 2.45) is 0 Å². The molecule has 5 rings (SSSR count). The van der Waals surface area contributed by atoms with Crippen molar-refractivity contribution in [2.45, 2.75) is 16.6 Å². The fourth-order valence-corrected chi connectivity index (χ4v) is 6.06. The predicted octanol–water partition coefficient (Wildman–Crippen LogP) is 6.34. The molecule has 1 atom stereocenters. The van der Waals surface area contributed by atoms with Crippen molar-refractivity contribution in [2.75, 3.05) is 10.2 Å².